The molecule has 26 heavy (non-hydrogen) atoms. The maximum absolute atomic E-state index is 11.3. The molecule has 9 heteroatoms. The fraction of sp³-hybridized carbons (Fsp3) is 0.412. The number of nitrogen functional groups attached to an aromatic ring is 1. The highest BCUT2D eigenvalue weighted by Crippen LogP contribution is 2.29. The van der Waals surface area contributed by atoms with Gasteiger partial charge in [0.1, 0.15) is 11.3 Å². The minimum atomic E-state index is -3.20. The Morgan fingerprint density at radius 3 is 2.77 bits per heavy atom. The maximum atomic E-state index is 11.3. The second-order valence-electron chi connectivity index (χ2n) is 6.15. The molecule has 0 amide bonds. The Morgan fingerprint density at radius 2 is 2.04 bits per heavy atom. The SMILES string of the molecule is COCCc1nc2c(N)nc3ccccc3c2n1CCCNS(C)(=O)=O. The summed E-state index contributed by atoms with van der Waals surface area (Å²) in [5.41, 5.74) is 8.55. The zero-order chi connectivity index (χ0) is 18.7. The van der Waals surface area contributed by atoms with Gasteiger partial charge in [-0.15, -0.1) is 0 Å². The number of nitrogens with one attached hydrogen (secondary N) is 1. The van der Waals surface area contributed by atoms with Crippen molar-refractivity contribution in [3.63, 3.8) is 0 Å². The van der Waals surface area contributed by atoms with Gasteiger partial charge in [0.05, 0.1) is 23.9 Å². The number of hydrogen-bond donors (Lipinski definition) is 2. The first kappa shape index (κ1) is 18.6. The van der Waals surface area contributed by atoms with Crippen molar-refractivity contribution in [3.8, 4) is 0 Å². The van der Waals surface area contributed by atoms with E-state index in [-0.39, 0.29) is 0 Å². The fourth-order valence-electron chi connectivity index (χ4n) is 3.02. The van der Waals surface area contributed by atoms with E-state index in [9.17, 15) is 8.42 Å². The van der Waals surface area contributed by atoms with Crippen molar-refractivity contribution in [3.05, 3.63) is 30.1 Å². The molecule has 0 saturated heterocycles. The highest BCUT2D eigenvalue weighted by Gasteiger charge is 2.17. The van der Waals surface area contributed by atoms with E-state index in [1.807, 2.05) is 24.3 Å². The number of pyridine rings is 1. The topological polar surface area (TPSA) is 112 Å². The molecule has 140 valence electrons. The van der Waals surface area contributed by atoms with Gasteiger partial charge in [-0.2, -0.15) is 0 Å². The molecular formula is C17H23N5O3S. The van der Waals surface area contributed by atoms with E-state index in [1.54, 1.807) is 7.11 Å². The minimum Gasteiger partial charge on any atom is -0.384 e. The number of hydrogen-bond acceptors (Lipinski definition) is 6. The molecule has 0 aliphatic heterocycles. The van der Waals surface area contributed by atoms with Crippen molar-refractivity contribution in [2.75, 3.05) is 32.3 Å². The smallest absolute Gasteiger partial charge is 0.208 e. The lowest BCUT2D eigenvalue weighted by Gasteiger charge is -2.11. The van der Waals surface area contributed by atoms with Crippen LogP contribution in [0.1, 0.15) is 12.2 Å². The summed E-state index contributed by atoms with van der Waals surface area (Å²) in [5.74, 6) is 1.25. The lowest BCUT2D eigenvalue weighted by atomic mass is 10.2. The highest BCUT2D eigenvalue weighted by atomic mass is 32.2. The number of aryl methyl sites for hydroxylation is 1. The predicted molar refractivity (Wildman–Crippen MR) is 102 cm³/mol. The number of aromatic nitrogens is 3. The molecule has 0 radical (unpaired) electrons. The number of sulfonamides is 1. The molecule has 8 nitrogen and oxygen atoms in total. The molecule has 0 bridgehead atoms. The van der Waals surface area contributed by atoms with Crippen LogP contribution in [-0.2, 0) is 27.7 Å². The lowest BCUT2D eigenvalue weighted by Crippen LogP contribution is -2.24. The molecule has 2 aromatic heterocycles. The quantitative estimate of drug-likeness (QED) is 0.572. The maximum Gasteiger partial charge on any atom is 0.208 e. The van der Waals surface area contributed by atoms with Crippen molar-refractivity contribution in [2.45, 2.75) is 19.4 Å². The summed E-state index contributed by atoms with van der Waals surface area (Å²) < 4.78 is 32.3. The van der Waals surface area contributed by atoms with Crippen LogP contribution in [-0.4, -0.2) is 49.5 Å². The van der Waals surface area contributed by atoms with Crippen LogP contribution in [0.2, 0.25) is 0 Å². The number of imidazole rings is 1. The number of ether oxygens (including phenoxy) is 1. The molecule has 0 spiro atoms. The van der Waals surface area contributed by atoms with Crippen molar-refractivity contribution in [1.82, 2.24) is 19.3 Å². The Bertz CT molecular complexity index is 1030. The van der Waals surface area contributed by atoms with Crippen molar-refractivity contribution < 1.29 is 13.2 Å². The molecule has 3 N–H and O–H groups in total. The van der Waals surface area contributed by atoms with E-state index in [1.165, 1.54) is 0 Å². The first-order chi connectivity index (χ1) is 12.4. The number of rotatable bonds is 8. The molecule has 0 unspecified atom stereocenters. The third kappa shape index (κ3) is 3.95. The number of fused-ring (bicyclic) bond motifs is 3. The number of nitrogens with zero attached hydrogens (tertiary/aromatic N) is 3. The third-order valence-corrected chi connectivity index (χ3v) is 4.87. The highest BCUT2D eigenvalue weighted by molar-refractivity contribution is 7.88. The Morgan fingerprint density at radius 1 is 1.27 bits per heavy atom. The van der Waals surface area contributed by atoms with Gasteiger partial charge in [-0.1, -0.05) is 18.2 Å². The van der Waals surface area contributed by atoms with Crippen LogP contribution >= 0.6 is 0 Å². The van der Waals surface area contributed by atoms with E-state index < -0.39 is 10.0 Å². The normalized spacial score (nSPS) is 12.2. The second kappa shape index (κ2) is 7.56. The van der Waals surface area contributed by atoms with Gasteiger partial charge in [-0.3, -0.25) is 0 Å². The number of anilines is 1. The Kier molecular flexibility index (Phi) is 5.40. The molecule has 0 fully saturated rings. The van der Waals surface area contributed by atoms with Gasteiger partial charge in [0, 0.05) is 32.0 Å². The zero-order valence-electron chi connectivity index (χ0n) is 14.9. The van der Waals surface area contributed by atoms with Gasteiger partial charge < -0.3 is 15.0 Å². The monoisotopic (exact) mass is 377 g/mol. The van der Waals surface area contributed by atoms with Crippen LogP contribution in [0, 0.1) is 0 Å². The Labute approximate surface area is 152 Å². The van der Waals surface area contributed by atoms with Crippen LogP contribution in [0.3, 0.4) is 0 Å². The first-order valence-corrected chi connectivity index (χ1v) is 10.3. The van der Waals surface area contributed by atoms with Crippen molar-refractivity contribution in [1.29, 1.82) is 0 Å². The van der Waals surface area contributed by atoms with Gasteiger partial charge >= 0.3 is 0 Å². The summed E-state index contributed by atoms with van der Waals surface area (Å²) in [6, 6.07) is 7.79. The van der Waals surface area contributed by atoms with E-state index in [0.29, 0.717) is 43.9 Å². The van der Waals surface area contributed by atoms with Gasteiger partial charge in [0.2, 0.25) is 10.0 Å². The second-order valence-corrected chi connectivity index (χ2v) is 7.99. The van der Waals surface area contributed by atoms with E-state index in [0.717, 1.165) is 28.5 Å². The Hall–Kier alpha value is -2.23. The number of para-hydroxylation sites is 1. The molecule has 2 heterocycles. The van der Waals surface area contributed by atoms with Crippen LogP contribution in [0.5, 0.6) is 0 Å². The average Bonchev–Trinajstić information content (AvgIpc) is 2.95. The summed E-state index contributed by atoms with van der Waals surface area (Å²) in [7, 11) is -1.55. The summed E-state index contributed by atoms with van der Waals surface area (Å²) in [5, 5.41) is 0.976. The van der Waals surface area contributed by atoms with Crippen molar-refractivity contribution in [2.24, 2.45) is 0 Å². The van der Waals surface area contributed by atoms with Gasteiger partial charge in [-0.25, -0.2) is 23.1 Å². The van der Waals surface area contributed by atoms with E-state index in [2.05, 4.69) is 19.3 Å². The van der Waals surface area contributed by atoms with Crippen LogP contribution < -0.4 is 10.5 Å². The standard InChI is InChI=1S/C17H23N5O3S/c1-25-11-8-14-21-15-16(22(14)10-5-9-19-26(2,23)24)12-6-3-4-7-13(12)20-17(15)18/h3-4,6-7,19H,5,8-11H2,1-2H3,(H2,18,20). The summed E-state index contributed by atoms with van der Waals surface area (Å²) in [4.78, 5) is 9.13. The molecule has 0 saturated carbocycles. The van der Waals surface area contributed by atoms with Gasteiger partial charge in [0.25, 0.3) is 0 Å². The van der Waals surface area contributed by atoms with Gasteiger partial charge in [-0.05, 0) is 12.5 Å². The zero-order valence-corrected chi connectivity index (χ0v) is 15.7. The number of benzene rings is 1. The lowest BCUT2D eigenvalue weighted by molar-refractivity contribution is 0.199. The molecule has 3 rings (SSSR count). The predicted octanol–water partition coefficient (Wildman–Crippen LogP) is 1.29. The molecule has 0 aliphatic rings. The van der Waals surface area contributed by atoms with E-state index >= 15 is 0 Å². The molecule has 3 aromatic rings. The first-order valence-electron chi connectivity index (χ1n) is 8.37. The van der Waals surface area contributed by atoms with Crippen LogP contribution in [0.25, 0.3) is 21.9 Å². The fourth-order valence-corrected chi connectivity index (χ4v) is 3.54. The third-order valence-electron chi connectivity index (χ3n) is 4.14. The summed E-state index contributed by atoms with van der Waals surface area (Å²) >= 11 is 0. The molecule has 0 atom stereocenters. The van der Waals surface area contributed by atoms with Crippen molar-refractivity contribution >= 4 is 37.8 Å². The molecule has 0 aliphatic carbocycles. The largest absolute Gasteiger partial charge is 0.384 e. The number of nitrogens with two attached hydrogens (primary N) is 1. The minimum absolute atomic E-state index is 0.362. The summed E-state index contributed by atoms with van der Waals surface area (Å²) in [6.45, 7) is 1.52. The average molecular weight is 377 g/mol. The Balaban J connectivity index is 2.04. The molecular weight excluding hydrogens is 354 g/mol. The van der Waals surface area contributed by atoms with Crippen LogP contribution in [0.4, 0.5) is 5.82 Å². The van der Waals surface area contributed by atoms with Gasteiger partial charge in [0.15, 0.2) is 5.82 Å². The number of methoxy groups -OCH3 is 1. The molecule has 1 aromatic carbocycles. The van der Waals surface area contributed by atoms with E-state index in [4.69, 9.17) is 10.5 Å². The summed E-state index contributed by atoms with van der Waals surface area (Å²) in [6.07, 6.45) is 2.43. The van der Waals surface area contributed by atoms with Crippen LogP contribution in [0.15, 0.2) is 24.3 Å².